The van der Waals surface area contributed by atoms with Gasteiger partial charge in [0.1, 0.15) is 12.2 Å². The lowest BCUT2D eigenvalue weighted by atomic mass is 10.2. The molecule has 2 aromatic heterocycles. The first-order valence-corrected chi connectivity index (χ1v) is 13.5. The van der Waals surface area contributed by atoms with Gasteiger partial charge in [-0.15, -0.1) is 0 Å². The largest absolute Gasteiger partial charge is 0.481 e. The van der Waals surface area contributed by atoms with Crippen LogP contribution < -0.4 is 10.3 Å². The van der Waals surface area contributed by atoms with Crippen molar-refractivity contribution in [3.63, 3.8) is 0 Å². The quantitative estimate of drug-likeness (QED) is 0.101. The Hall–Kier alpha value is -4.70. The molecule has 0 amide bonds. The lowest BCUT2D eigenvalue weighted by Crippen LogP contribution is -2.20. The van der Waals surface area contributed by atoms with Gasteiger partial charge < -0.3 is 9.15 Å². The molecule has 0 aliphatic heterocycles. The summed E-state index contributed by atoms with van der Waals surface area (Å²) < 4.78 is 12.8. The third kappa shape index (κ3) is 5.33. The summed E-state index contributed by atoms with van der Waals surface area (Å²) in [5, 5.41) is 18.1. The third-order valence-electron chi connectivity index (χ3n) is 6.33. The molecule has 0 aliphatic rings. The van der Waals surface area contributed by atoms with Crippen LogP contribution in [0.5, 0.6) is 5.75 Å². The minimum absolute atomic E-state index is 0.0211. The second-order valence-electron chi connectivity index (χ2n) is 9.11. The van der Waals surface area contributed by atoms with Crippen LogP contribution in [0.1, 0.15) is 11.1 Å². The van der Waals surface area contributed by atoms with Crippen molar-refractivity contribution in [3.8, 4) is 17.3 Å². The Morgan fingerprint density at radius 2 is 1.74 bits per heavy atom. The van der Waals surface area contributed by atoms with Gasteiger partial charge in [0.05, 0.1) is 37.1 Å². The number of furan rings is 1. The van der Waals surface area contributed by atoms with Crippen LogP contribution in [0, 0.1) is 10.1 Å². The van der Waals surface area contributed by atoms with Gasteiger partial charge in [-0.3, -0.25) is 14.9 Å². The molecule has 0 spiro atoms. The molecule has 208 valence electrons. The smallest absolute Gasteiger partial charge is 0.313 e. The number of ether oxygens (including phenoxy) is 1. The van der Waals surface area contributed by atoms with Gasteiger partial charge in [0.25, 0.3) is 5.56 Å². The minimum atomic E-state index is -0.614. The van der Waals surface area contributed by atoms with E-state index < -0.39 is 10.5 Å². The van der Waals surface area contributed by atoms with E-state index in [1.54, 1.807) is 54.6 Å². The number of para-hydroxylation sites is 2. The van der Waals surface area contributed by atoms with Gasteiger partial charge in [-0.25, -0.2) is 4.98 Å². The predicted molar refractivity (Wildman–Crippen MR) is 163 cm³/mol. The molecule has 0 atom stereocenters. The van der Waals surface area contributed by atoms with Crippen LogP contribution in [0.2, 0.25) is 15.1 Å². The number of hydrogen-bond donors (Lipinski definition) is 0. The summed E-state index contributed by atoms with van der Waals surface area (Å²) in [5.41, 5.74) is 1.14. The molecule has 6 rings (SSSR count). The summed E-state index contributed by atoms with van der Waals surface area (Å²) in [6.45, 7) is -0.0378. The van der Waals surface area contributed by atoms with E-state index in [-0.39, 0.29) is 34.5 Å². The zero-order valence-electron chi connectivity index (χ0n) is 21.3. The topological polar surface area (TPSA) is 113 Å². The van der Waals surface area contributed by atoms with E-state index in [1.165, 1.54) is 18.3 Å². The average Bonchev–Trinajstić information content (AvgIpc) is 3.42. The molecule has 12 heteroatoms. The van der Waals surface area contributed by atoms with Crippen LogP contribution >= 0.6 is 34.8 Å². The van der Waals surface area contributed by atoms with Gasteiger partial charge in [-0.1, -0.05) is 71.2 Å². The number of nitro benzene ring substituents is 1. The summed E-state index contributed by atoms with van der Waals surface area (Å²) in [7, 11) is 0. The van der Waals surface area contributed by atoms with Crippen molar-refractivity contribution < 1.29 is 14.1 Å². The maximum atomic E-state index is 13.5. The van der Waals surface area contributed by atoms with E-state index in [0.29, 0.717) is 37.9 Å². The summed E-state index contributed by atoms with van der Waals surface area (Å²) in [6, 6.07) is 23.6. The Kier molecular flexibility index (Phi) is 7.38. The van der Waals surface area contributed by atoms with Gasteiger partial charge in [0.15, 0.2) is 5.76 Å². The highest BCUT2D eigenvalue weighted by molar-refractivity contribution is 6.42. The van der Waals surface area contributed by atoms with Crippen LogP contribution in [-0.4, -0.2) is 20.8 Å². The summed E-state index contributed by atoms with van der Waals surface area (Å²) >= 11 is 18.4. The first kappa shape index (κ1) is 27.5. The van der Waals surface area contributed by atoms with E-state index in [4.69, 9.17) is 44.0 Å². The van der Waals surface area contributed by atoms with Crippen molar-refractivity contribution in [3.05, 3.63) is 132 Å². The van der Waals surface area contributed by atoms with Crippen molar-refractivity contribution in [2.24, 2.45) is 5.10 Å². The molecule has 2 heterocycles. The Labute approximate surface area is 252 Å². The second kappa shape index (κ2) is 11.3. The Balaban J connectivity index is 1.40. The highest BCUT2D eigenvalue weighted by Crippen LogP contribution is 2.37. The number of benzene rings is 4. The van der Waals surface area contributed by atoms with Gasteiger partial charge in [0.2, 0.25) is 11.6 Å². The normalized spacial score (nSPS) is 11.5. The van der Waals surface area contributed by atoms with E-state index in [9.17, 15) is 14.9 Å². The predicted octanol–water partition coefficient (Wildman–Crippen LogP) is 8.14. The SMILES string of the molecule is O=c1c2ccccc2nc(-c2cc3ccccc3o2)n1N=Cc1cc(Cl)c(OCc2ccc(Cl)c(Cl)c2)c([N+](=O)[O-])c1. The fraction of sp³-hybridized carbons (Fsp3) is 0.0333. The molecule has 4 aromatic carbocycles. The summed E-state index contributed by atoms with van der Waals surface area (Å²) in [4.78, 5) is 29.5. The molecular weight excluding hydrogens is 603 g/mol. The molecule has 0 radical (unpaired) electrons. The van der Waals surface area contributed by atoms with E-state index in [0.717, 1.165) is 10.1 Å². The summed E-state index contributed by atoms with van der Waals surface area (Å²) in [6.07, 6.45) is 1.28. The molecule has 6 aromatic rings. The number of nitro groups is 1. The van der Waals surface area contributed by atoms with Gasteiger partial charge in [-0.05, 0) is 48.0 Å². The highest BCUT2D eigenvalue weighted by atomic mass is 35.5. The van der Waals surface area contributed by atoms with Crippen LogP contribution in [0.3, 0.4) is 0 Å². The average molecular weight is 620 g/mol. The summed E-state index contributed by atoms with van der Waals surface area (Å²) in [5.74, 6) is 0.358. The van der Waals surface area contributed by atoms with E-state index in [2.05, 4.69) is 10.1 Å². The molecule has 0 N–H and O–H groups in total. The van der Waals surface area contributed by atoms with Gasteiger partial charge >= 0.3 is 5.69 Å². The molecule has 0 saturated carbocycles. The highest BCUT2D eigenvalue weighted by Gasteiger charge is 2.21. The Morgan fingerprint density at radius 1 is 0.952 bits per heavy atom. The van der Waals surface area contributed by atoms with E-state index >= 15 is 0 Å². The molecule has 0 unspecified atom stereocenters. The standard InChI is InChI=1S/C30H17Cl3N4O5/c31-21-10-9-17(11-22(21)32)16-41-28-23(33)12-18(13-25(28)37(39)40)15-34-36-29(27-14-19-5-1-4-8-26(19)42-27)35-24-7-3-2-6-20(24)30(36)38/h1-15H,16H2. The molecule has 0 aliphatic carbocycles. The van der Waals surface area contributed by atoms with Crippen molar-refractivity contribution in [2.45, 2.75) is 6.61 Å². The fourth-order valence-electron chi connectivity index (χ4n) is 4.34. The number of hydrogen-bond acceptors (Lipinski definition) is 7. The molecule has 0 saturated heterocycles. The van der Waals surface area contributed by atoms with Crippen molar-refractivity contribution >= 4 is 68.6 Å². The van der Waals surface area contributed by atoms with Crippen LogP contribution in [0.4, 0.5) is 5.69 Å². The van der Waals surface area contributed by atoms with Crippen molar-refractivity contribution in [2.75, 3.05) is 0 Å². The first-order chi connectivity index (χ1) is 20.3. The van der Waals surface area contributed by atoms with Crippen LogP contribution in [0.25, 0.3) is 33.5 Å². The lowest BCUT2D eigenvalue weighted by Gasteiger charge is -2.10. The van der Waals surface area contributed by atoms with E-state index in [1.807, 2.05) is 18.2 Å². The third-order valence-corrected chi connectivity index (χ3v) is 7.35. The van der Waals surface area contributed by atoms with Crippen LogP contribution in [-0.2, 0) is 6.61 Å². The Bertz CT molecular complexity index is 2070. The van der Waals surface area contributed by atoms with Crippen molar-refractivity contribution in [1.82, 2.24) is 9.66 Å². The van der Waals surface area contributed by atoms with Gasteiger partial charge in [-0.2, -0.15) is 9.78 Å². The van der Waals surface area contributed by atoms with Crippen molar-refractivity contribution in [1.29, 1.82) is 0 Å². The molecule has 42 heavy (non-hydrogen) atoms. The van der Waals surface area contributed by atoms with Gasteiger partial charge in [0, 0.05) is 17.0 Å². The second-order valence-corrected chi connectivity index (χ2v) is 10.3. The lowest BCUT2D eigenvalue weighted by molar-refractivity contribution is -0.385. The molecule has 0 bridgehead atoms. The number of aromatic nitrogens is 2. The zero-order chi connectivity index (χ0) is 29.4. The molecular formula is C30H17Cl3N4O5. The molecule has 9 nitrogen and oxygen atoms in total. The maximum absolute atomic E-state index is 13.5. The number of nitrogens with zero attached hydrogens (tertiary/aromatic N) is 4. The molecule has 0 fully saturated rings. The monoisotopic (exact) mass is 618 g/mol. The first-order valence-electron chi connectivity index (χ1n) is 12.4. The maximum Gasteiger partial charge on any atom is 0.313 e. The van der Waals surface area contributed by atoms with Crippen LogP contribution in [0.15, 0.2) is 99.2 Å². The number of rotatable bonds is 7. The number of fused-ring (bicyclic) bond motifs is 2. The zero-order valence-corrected chi connectivity index (χ0v) is 23.6. The minimum Gasteiger partial charge on any atom is -0.481 e. The fourth-order valence-corrected chi connectivity index (χ4v) is 4.94. The Morgan fingerprint density at radius 3 is 2.52 bits per heavy atom. The number of halogens is 3.